The van der Waals surface area contributed by atoms with Gasteiger partial charge in [-0.1, -0.05) is 6.07 Å². The lowest BCUT2D eigenvalue weighted by Gasteiger charge is -2.17. The Morgan fingerprint density at radius 3 is 2.45 bits per heavy atom. The van der Waals surface area contributed by atoms with Crippen LogP contribution in [-0.2, 0) is 18.0 Å². The fourth-order valence-electron chi connectivity index (χ4n) is 2.13. The Bertz CT molecular complexity index is 802. The van der Waals surface area contributed by atoms with Gasteiger partial charge in [-0.15, -0.1) is 0 Å². The number of rotatable bonds is 4. The third-order valence-corrected chi connectivity index (χ3v) is 3.73. The van der Waals surface area contributed by atoms with E-state index in [1.807, 2.05) is 0 Å². The van der Waals surface area contributed by atoms with E-state index in [0.29, 0.717) is 17.1 Å². The quantitative estimate of drug-likeness (QED) is 0.909. The van der Waals surface area contributed by atoms with Crippen LogP contribution in [0.15, 0.2) is 29.1 Å². The van der Waals surface area contributed by atoms with E-state index in [4.69, 9.17) is 0 Å². The number of nitrogens with one attached hydrogen (secondary N) is 2. The second-order valence-electron chi connectivity index (χ2n) is 5.12. The molecule has 0 amide bonds. The van der Waals surface area contributed by atoms with E-state index in [0.717, 1.165) is 5.56 Å². The molecular formula is C15H18FN3O2S. The lowest BCUT2D eigenvalue weighted by atomic mass is 10.2. The molecule has 118 valence electrons. The number of nitrogens with zero attached hydrogens (tertiary/aromatic N) is 1. The highest BCUT2D eigenvalue weighted by Gasteiger charge is 2.13. The first-order valence-corrected chi connectivity index (χ1v) is 8.19. The van der Waals surface area contributed by atoms with Crippen LogP contribution in [0.4, 0.5) is 21.6 Å². The average Bonchev–Trinajstić information content (AvgIpc) is 2.42. The third kappa shape index (κ3) is 3.36. The highest BCUT2D eigenvalue weighted by molar-refractivity contribution is 7.85. The predicted octanol–water partition coefficient (Wildman–Crippen LogP) is 2.59. The molecule has 0 aliphatic carbocycles. The Labute approximate surface area is 130 Å². The van der Waals surface area contributed by atoms with Gasteiger partial charge < -0.3 is 10.0 Å². The van der Waals surface area contributed by atoms with Crippen molar-refractivity contribution in [3.05, 3.63) is 51.6 Å². The topological polar surface area (TPSA) is 63.1 Å². The average molecular weight is 323 g/mol. The number of hydrogen-bond donors (Lipinski definition) is 2. The lowest BCUT2D eigenvalue weighted by molar-refractivity contribution is 0.630. The monoisotopic (exact) mass is 323 g/mol. The first-order chi connectivity index (χ1) is 10.3. The summed E-state index contributed by atoms with van der Waals surface area (Å²) in [6.07, 6.45) is 1.48. The maximum atomic E-state index is 14.0. The Morgan fingerprint density at radius 1 is 1.18 bits per heavy atom. The summed E-state index contributed by atoms with van der Waals surface area (Å²) < 4.78 is 29.6. The molecule has 0 aliphatic rings. The van der Waals surface area contributed by atoms with Gasteiger partial charge in [0.05, 0.1) is 11.4 Å². The van der Waals surface area contributed by atoms with Crippen molar-refractivity contribution >= 4 is 28.2 Å². The van der Waals surface area contributed by atoms with Crippen LogP contribution in [0.5, 0.6) is 0 Å². The highest BCUT2D eigenvalue weighted by atomic mass is 32.2. The second kappa shape index (κ2) is 6.31. The molecule has 0 bridgehead atoms. The number of hydrogen-bond acceptors (Lipinski definition) is 3. The normalized spacial score (nSPS) is 12.0. The molecule has 5 nitrogen and oxygen atoms in total. The van der Waals surface area contributed by atoms with Crippen LogP contribution >= 0.6 is 0 Å². The third-order valence-electron chi connectivity index (χ3n) is 3.22. The van der Waals surface area contributed by atoms with Gasteiger partial charge in [-0.25, -0.2) is 8.60 Å². The minimum Gasteiger partial charge on any atom is -0.337 e. The summed E-state index contributed by atoms with van der Waals surface area (Å²) in [5.41, 5.74) is 1.82. The Hall–Kier alpha value is -2.15. The summed E-state index contributed by atoms with van der Waals surface area (Å²) in [7, 11) is 0.261. The van der Waals surface area contributed by atoms with E-state index >= 15 is 0 Å². The fourth-order valence-corrected chi connectivity index (χ4v) is 2.59. The number of pyridine rings is 1. The fraction of sp³-hybridized carbons (Fsp3) is 0.267. The molecule has 2 rings (SSSR count). The largest absolute Gasteiger partial charge is 0.337 e. The maximum Gasteiger partial charge on any atom is 0.254 e. The van der Waals surface area contributed by atoms with Gasteiger partial charge in [0.1, 0.15) is 22.6 Å². The molecular weight excluding hydrogens is 305 g/mol. The molecule has 1 aromatic heterocycles. The minimum atomic E-state index is -1.32. The number of benzene rings is 1. The van der Waals surface area contributed by atoms with Crippen LogP contribution < -0.4 is 15.6 Å². The SMILES string of the molecule is Cc1ccc(Nc2c(NS(C)=O)cc(C)c(=O)n2C)c(F)c1. The molecule has 1 heterocycles. The van der Waals surface area contributed by atoms with Gasteiger partial charge in [-0.3, -0.25) is 9.36 Å². The van der Waals surface area contributed by atoms with Gasteiger partial charge >= 0.3 is 0 Å². The molecule has 1 atom stereocenters. The van der Waals surface area contributed by atoms with Crippen molar-refractivity contribution in [3.8, 4) is 0 Å². The van der Waals surface area contributed by atoms with Crippen molar-refractivity contribution in [1.29, 1.82) is 0 Å². The van der Waals surface area contributed by atoms with Crippen LogP contribution in [0, 0.1) is 19.7 Å². The second-order valence-corrected chi connectivity index (χ2v) is 6.23. The summed E-state index contributed by atoms with van der Waals surface area (Å²) in [6.45, 7) is 3.46. The Kier molecular flexibility index (Phi) is 4.65. The zero-order valence-electron chi connectivity index (χ0n) is 12.9. The zero-order chi connectivity index (χ0) is 16.4. The predicted molar refractivity (Wildman–Crippen MR) is 88.5 cm³/mol. The smallest absolute Gasteiger partial charge is 0.254 e. The van der Waals surface area contributed by atoms with E-state index in [-0.39, 0.29) is 11.2 Å². The zero-order valence-corrected chi connectivity index (χ0v) is 13.7. The molecule has 0 aliphatic heterocycles. The van der Waals surface area contributed by atoms with Gasteiger partial charge in [0.15, 0.2) is 0 Å². The number of halogens is 1. The first-order valence-electron chi connectivity index (χ1n) is 6.63. The van der Waals surface area contributed by atoms with E-state index in [9.17, 15) is 13.4 Å². The van der Waals surface area contributed by atoms with Crippen molar-refractivity contribution in [2.45, 2.75) is 13.8 Å². The van der Waals surface area contributed by atoms with E-state index in [1.54, 1.807) is 39.1 Å². The highest BCUT2D eigenvalue weighted by Crippen LogP contribution is 2.26. The lowest BCUT2D eigenvalue weighted by Crippen LogP contribution is -2.23. The van der Waals surface area contributed by atoms with Gasteiger partial charge in [0.2, 0.25) is 0 Å². The molecule has 0 saturated carbocycles. The summed E-state index contributed by atoms with van der Waals surface area (Å²) in [6, 6.07) is 6.36. The van der Waals surface area contributed by atoms with Crippen molar-refractivity contribution in [2.75, 3.05) is 16.3 Å². The Morgan fingerprint density at radius 2 is 1.86 bits per heavy atom. The van der Waals surface area contributed by atoms with Gasteiger partial charge in [0, 0.05) is 18.9 Å². The van der Waals surface area contributed by atoms with Crippen molar-refractivity contribution in [1.82, 2.24) is 4.57 Å². The van der Waals surface area contributed by atoms with Crippen molar-refractivity contribution in [3.63, 3.8) is 0 Å². The Balaban J connectivity index is 2.55. The van der Waals surface area contributed by atoms with Crippen LogP contribution in [0.25, 0.3) is 0 Å². The summed E-state index contributed by atoms with van der Waals surface area (Å²) in [5.74, 6) is -0.0647. The van der Waals surface area contributed by atoms with Gasteiger partial charge in [-0.2, -0.15) is 0 Å². The van der Waals surface area contributed by atoms with Crippen LogP contribution in [0.2, 0.25) is 0 Å². The summed E-state index contributed by atoms with van der Waals surface area (Å²) >= 11 is 0. The maximum absolute atomic E-state index is 14.0. The first kappa shape index (κ1) is 16.2. The number of aryl methyl sites for hydroxylation is 2. The molecule has 0 spiro atoms. The molecule has 2 N–H and O–H groups in total. The molecule has 22 heavy (non-hydrogen) atoms. The molecule has 7 heteroatoms. The number of aromatic nitrogens is 1. The van der Waals surface area contributed by atoms with Gasteiger partial charge in [-0.05, 0) is 37.6 Å². The van der Waals surface area contributed by atoms with Crippen LogP contribution in [0.1, 0.15) is 11.1 Å². The molecule has 1 unspecified atom stereocenters. The van der Waals surface area contributed by atoms with E-state index in [2.05, 4.69) is 10.0 Å². The molecule has 1 aromatic carbocycles. The van der Waals surface area contributed by atoms with Crippen LogP contribution in [0.3, 0.4) is 0 Å². The molecule has 0 radical (unpaired) electrons. The van der Waals surface area contributed by atoms with Crippen molar-refractivity contribution in [2.24, 2.45) is 7.05 Å². The summed E-state index contributed by atoms with van der Waals surface area (Å²) in [4.78, 5) is 12.1. The molecule has 2 aromatic rings. The van der Waals surface area contributed by atoms with Crippen LogP contribution in [-0.4, -0.2) is 15.0 Å². The molecule has 0 fully saturated rings. The molecule has 0 saturated heterocycles. The van der Waals surface area contributed by atoms with Crippen molar-refractivity contribution < 1.29 is 8.60 Å². The van der Waals surface area contributed by atoms with Gasteiger partial charge in [0.25, 0.3) is 5.56 Å². The van der Waals surface area contributed by atoms with E-state index in [1.165, 1.54) is 16.9 Å². The standard InChI is InChI=1S/C15H18FN3O2S/c1-9-5-6-12(11(16)7-9)17-14-13(18-22(4)21)8-10(2)15(20)19(14)3/h5-8,17-18H,1-4H3. The number of anilines is 3. The minimum absolute atomic E-state index is 0.206. The summed E-state index contributed by atoms with van der Waals surface area (Å²) in [5, 5.41) is 2.90. The van der Waals surface area contributed by atoms with E-state index < -0.39 is 16.8 Å².